The maximum absolute atomic E-state index is 13.9. The molecule has 0 aliphatic carbocycles. The Morgan fingerprint density at radius 3 is 3.00 bits per heavy atom. The fourth-order valence-electron chi connectivity index (χ4n) is 3.19. The van der Waals surface area contributed by atoms with Gasteiger partial charge < -0.3 is 19.9 Å². The Bertz CT molecular complexity index is 1150. The predicted molar refractivity (Wildman–Crippen MR) is 116 cm³/mol. The first-order valence-corrected chi connectivity index (χ1v) is 10.2. The van der Waals surface area contributed by atoms with Gasteiger partial charge in [0.2, 0.25) is 0 Å². The molecule has 10 heteroatoms. The molecule has 1 saturated heterocycles. The molecule has 0 saturated carbocycles. The molecule has 1 unspecified atom stereocenters. The van der Waals surface area contributed by atoms with E-state index in [0.29, 0.717) is 17.7 Å². The quantitative estimate of drug-likeness (QED) is 0.535. The van der Waals surface area contributed by atoms with E-state index in [1.54, 1.807) is 36.3 Å². The summed E-state index contributed by atoms with van der Waals surface area (Å²) in [7, 11) is 0. The summed E-state index contributed by atoms with van der Waals surface area (Å²) in [5.41, 5.74) is 7.77. The van der Waals surface area contributed by atoms with Crippen LogP contribution in [0.25, 0.3) is 11.1 Å². The number of aromatic nitrogens is 3. The van der Waals surface area contributed by atoms with E-state index in [1.165, 1.54) is 12.1 Å². The number of hydrogen-bond donors (Lipinski definition) is 1. The Kier molecular flexibility index (Phi) is 5.85. The third-order valence-electron chi connectivity index (χ3n) is 4.78. The maximum Gasteiger partial charge on any atom is 0.166 e. The first kappa shape index (κ1) is 19.3. The number of pyridine rings is 1. The second kappa shape index (κ2) is 9.40. The number of benzene rings is 1. The molecule has 4 rings (SSSR count). The van der Waals surface area contributed by atoms with Crippen LogP contribution in [0.1, 0.15) is 21.3 Å². The number of nitrogen functional groups attached to an aromatic ring is 1. The van der Waals surface area contributed by atoms with Gasteiger partial charge in [-0.25, -0.2) is 9.37 Å². The standard InChI is InChI=1S/C21H21Cl2FN4O3/c1-12(19-16(22)2-3-17(24)20(19)23)31-18-6-13(7-26-21(18)25)14-8-27-28(9-14)10-15-11-29-4-5-30-15/h2-3,6-9,12,15H,4-5,10-11H2,1H3,(H2,25,26)/t12-,15?/m1/s1/i4D2. The Morgan fingerprint density at radius 1 is 1.39 bits per heavy atom. The molecule has 7 nitrogen and oxygen atoms in total. The molecular formula is C21H21Cl2FN4O3. The highest BCUT2D eigenvalue weighted by atomic mass is 35.5. The summed E-state index contributed by atoms with van der Waals surface area (Å²) in [6.45, 7) is 0.314. The molecule has 2 atom stereocenters. The second-order valence-electron chi connectivity index (χ2n) is 6.96. The van der Waals surface area contributed by atoms with E-state index >= 15 is 0 Å². The molecule has 2 N–H and O–H groups in total. The molecule has 1 aromatic carbocycles. The van der Waals surface area contributed by atoms with Crippen LogP contribution in [0.15, 0.2) is 36.8 Å². The fourth-order valence-corrected chi connectivity index (χ4v) is 3.87. The number of rotatable bonds is 6. The van der Waals surface area contributed by atoms with Crippen molar-refractivity contribution in [1.29, 1.82) is 0 Å². The first-order chi connectivity index (χ1) is 15.6. The molecule has 0 spiro atoms. The molecule has 164 valence electrons. The van der Waals surface area contributed by atoms with Crippen LogP contribution in [-0.2, 0) is 16.0 Å². The van der Waals surface area contributed by atoms with Gasteiger partial charge in [-0.3, -0.25) is 4.68 Å². The predicted octanol–water partition coefficient (Wildman–Crippen LogP) is 4.53. The highest BCUT2D eigenvalue weighted by molar-refractivity contribution is 6.36. The largest absolute Gasteiger partial charge is 0.482 e. The molecule has 2 aromatic heterocycles. The minimum absolute atomic E-state index is 0.110. The molecule has 3 aromatic rings. The average Bonchev–Trinajstić information content (AvgIpc) is 3.23. The van der Waals surface area contributed by atoms with Gasteiger partial charge in [-0.2, -0.15) is 5.10 Å². The Hall–Kier alpha value is -2.39. The van der Waals surface area contributed by atoms with Crippen molar-refractivity contribution >= 4 is 29.0 Å². The van der Waals surface area contributed by atoms with Crippen molar-refractivity contribution in [2.45, 2.75) is 25.7 Å². The summed E-state index contributed by atoms with van der Waals surface area (Å²) >= 11 is 12.3. The number of nitrogens with two attached hydrogens (primary N) is 1. The monoisotopic (exact) mass is 468 g/mol. The zero-order valence-corrected chi connectivity index (χ0v) is 18.0. The number of anilines is 1. The van der Waals surface area contributed by atoms with Crippen LogP contribution in [0, 0.1) is 5.82 Å². The lowest BCUT2D eigenvalue weighted by atomic mass is 10.1. The summed E-state index contributed by atoms with van der Waals surface area (Å²) in [6, 6.07) is 4.31. The van der Waals surface area contributed by atoms with Crippen molar-refractivity contribution < 1.29 is 21.3 Å². The van der Waals surface area contributed by atoms with Gasteiger partial charge in [0.05, 0.1) is 40.3 Å². The molecule has 3 heterocycles. The summed E-state index contributed by atoms with van der Waals surface area (Å²) in [5, 5.41) is 4.49. The summed E-state index contributed by atoms with van der Waals surface area (Å²) in [4.78, 5) is 4.19. The van der Waals surface area contributed by atoms with E-state index in [1.807, 2.05) is 0 Å². The summed E-state index contributed by atoms with van der Waals surface area (Å²) in [5.74, 6) is -0.152. The first-order valence-electron chi connectivity index (χ1n) is 10.5. The van der Waals surface area contributed by atoms with Crippen molar-refractivity contribution in [2.75, 3.05) is 25.5 Å². The lowest BCUT2D eigenvalue weighted by Crippen LogP contribution is -2.32. The van der Waals surface area contributed by atoms with E-state index in [0.717, 1.165) is 5.56 Å². The molecule has 1 fully saturated rings. The number of nitrogens with zero attached hydrogens (tertiary/aromatic N) is 3. The smallest absolute Gasteiger partial charge is 0.166 e. The van der Waals surface area contributed by atoms with E-state index in [-0.39, 0.29) is 40.9 Å². The van der Waals surface area contributed by atoms with Crippen LogP contribution in [0.3, 0.4) is 0 Å². The van der Waals surface area contributed by atoms with Crippen molar-refractivity contribution in [3.8, 4) is 16.9 Å². The number of ether oxygens (including phenoxy) is 3. The Morgan fingerprint density at radius 2 is 2.23 bits per heavy atom. The highest BCUT2D eigenvalue weighted by Crippen LogP contribution is 2.36. The normalized spacial score (nSPS) is 20.1. The van der Waals surface area contributed by atoms with Gasteiger partial charge in [0.25, 0.3) is 0 Å². The second-order valence-corrected chi connectivity index (χ2v) is 7.75. The Labute approximate surface area is 191 Å². The minimum Gasteiger partial charge on any atom is -0.482 e. The van der Waals surface area contributed by atoms with Crippen molar-refractivity contribution in [2.24, 2.45) is 0 Å². The minimum atomic E-state index is -1.77. The van der Waals surface area contributed by atoms with Gasteiger partial charge >= 0.3 is 0 Å². The molecule has 1 aliphatic heterocycles. The third kappa shape index (κ3) is 4.93. The zero-order valence-electron chi connectivity index (χ0n) is 18.5. The van der Waals surface area contributed by atoms with Gasteiger partial charge in [-0.15, -0.1) is 0 Å². The van der Waals surface area contributed by atoms with Gasteiger partial charge in [0.1, 0.15) is 18.0 Å². The average molecular weight is 469 g/mol. The molecule has 31 heavy (non-hydrogen) atoms. The summed E-state index contributed by atoms with van der Waals surface area (Å²) in [6.07, 6.45) is 4.04. The fraction of sp³-hybridized carbons (Fsp3) is 0.333. The van der Waals surface area contributed by atoms with E-state index in [2.05, 4.69) is 10.1 Å². The highest BCUT2D eigenvalue weighted by Gasteiger charge is 2.20. The number of halogens is 3. The Balaban J connectivity index is 1.50. The van der Waals surface area contributed by atoms with Crippen LogP contribution in [0.4, 0.5) is 10.2 Å². The van der Waals surface area contributed by atoms with E-state index < -0.39 is 18.5 Å². The zero-order chi connectivity index (χ0) is 23.8. The molecular weight excluding hydrogens is 446 g/mol. The van der Waals surface area contributed by atoms with Gasteiger partial charge in [0, 0.05) is 34.1 Å². The van der Waals surface area contributed by atoms with Crippen LogP contribution >= 0.6 is 23.2 Å². The molecule has 1 aliphatic rings. The summed E-state index contributed by atoms with van der Waals surface area (Å²) < 4.78 is 47.2. The van der Waals surface area contributed by atoms with Crippen LogP contribution in [-0.4, -0.2) is 40.6 Å². The molecule has 0 amide bonds. The van der Waals surface area contributed by atoms with Crippen molar-refractivity contribution in [3.05, 3.63) is 58.2 Å². The number of hydrogen-bond acceptors (Lipinski definition) is 6. The van der Waals surface area contributed by atoms with Crippen LogP contribution in [0.2, 0.25) is 10.0 Å². The van der Waals surface area contributed by atoms with Crippen molar-refractivity contribution in [1.82, 2.24) is 14.8 Å². The lowest BCUT2D eigenvalue weighted by molar-refractivity contribution is -0.0946. The third-order valence-corrected chi connectivity index (χ3v) is 5.49. The van der Waals surface area contributed by atoms with Gasteiger partial charge in [-0.05, 0) is 25.1 Å². The SMILES string of the molecule is [2H]C1([2H])COC(Cn2cc(-c3cnc(N)c(O[C@H](C)c4c(Cl)ccc(F)c4Cl)c3)cn2)CO1. The molecule has 0 radical (unpaired) electrons. The van der Waals surface area contributed by atoms with E-state index in [9.17, 15) is 4.39 Å². The van der Waals surface area contributed by atoms with Crippen LogP contribution in [0.5, 0.6) is 5.75 Å². The lowest BCUT2D eigenvalue weighted by Gasteiger charge is -2.22. The van der Waals surface area contributed by atoms with Gasteiger partial charge in [0.15, 0.2) is 11.6 Å². The van der Waals surface area contributed by atoms with Gasteiger partial charge in [-0.1, -0.05) is 23.2 Å². The molecule has 0 bridgehead atoms. The topological polar surface area (TPSA) is 84.4 Å². The maximum atomic E-state index is 13.9. The van der Waals surface area contributed by atoms with Crippen LogP contribution < -0.4 is 10.5 Å². The van der Waals surface area contributed by atoms with E-state index in [4.69, 9.17) is 45.9 Å². The van der Waals surface area contributed by atoms with Crippen molar-refractivity contribution in [3.63, 3.8) is 0 Å².